The van der Waals surface area contributed by atoms with Crippen LogP contribution < -0.4 is 10.1 Å². The molecule has 100 valence electrons. The van der Waals surface area contributed by atoms with E-state index < -0.39 is 5.60 Å². The average molecular weight is 314 g/mol. The van der Waals surface area contributed by atoms with Gasteiger partial charge in [0.25, 0.3) is 0 Å². The Kier molecular flexibility index (Phi) is 4.51. The molecular weight excluding hydrogens is 294 g/mol. The van der Waals surface area contributed by atoms with Crippen molar-refractivity contribution in [2.75, 3.05) is 19.0 Å². The summed E-state index contributed by atoms with van der Waals surface area (Å²) in [5.41, 5.74) is 0.464. The highest BCUT2D eigenvalue weighted by atomic mass is 79.9. The molecule has 1 aromatic rings. The van der Waals surface area contributed by atoms with Gasteiger partial charge in [0.05, 0.1) is 17.2 Å². The van der Waals surface area contributed by atoms with Crippen LogP contribution in [0.3, 0.4) is 0 Å². The molecule has 1 saturated carbocycles. The molecule has 0 bridgehead atoms. The quantitative estimate of drug-likeness (QED) is 0.893. The Labute approximate surface area is 117 Å². The number of nitrogens with one attached hydrogen (secondary N) is 1. The minimum absolute atomic E-state index is 0.537. The van der Waals surface area contributed by atoms with Gasteiger partial charge in [-0.2, -0.15) is 0 Å². The SMILES string of the molecule is COc1ccc(NCC2(O)CCCCC2)cc1Br. The predicted octanol–water partition coefficient (Wildman–Crippen LogP) is 3.56. The van der Waals surface area contributed by atoms with Crippen LogP contribution >= 0.6 is 15.9 Å². The Morgan fingerprint density at radius 2 is 2.06 bits per heavy atom. The molecule has 1 aliphatic carbocycles. The van der Waals surface area contributed by atoms with Crippen molar-refractivity contribution in [3.63, 3.8) is 0 Å². The van der Waals surface area contributed by atoms with Crippen LogP contribution in [0, 0.1) is 0 Å². The molecule has 0 saturated heterocycles. The van der Waals surface area contributed by atoms with Crippen molar-refractivity contribution in [2.45, 2.75) is 37.7 Å². The summed E-state index contributed by atoms with van der Waals surface area (Å²) >= 11 is 3.46. The van der Waals surface area contributed by atoms with Crippen molar-refractivity contribution in [1.29, 1.82) is 0 Å². The normalized spacial score (nSPS) is 18.4. The van der Waals surface area contributed by atoms with Gasteiger partial charge in [-0.05, 0) is 47.0 Å². The van der Waals surface area contributed by atoms with E-state index in [0.717, 1.165) is 41.6 Å². The Morgan fingerprint density at radius 3 is 2.67 bits per heavy atom. The molecule has 0 spiro atoms. The van der Waals surface area contributed by atoms with Gasteiger partial charge in [0, 0.05) is 12.2 Å². The van der Waals surface area contributed by atoms with E-state index in [1.54, 1.807) is 7.11 Å². The third-order valence-corrected chi connectivity index (χ3v) is 4.18. The number of anilines is 1. The summed E-state index contributed by atoms with van der Waals surface area (Å²) in [4.78, 5) is 0. The third kappa shape index (κ3) is 3.39. The van der Waals surface area contributed by atoms with Crippen LogP contribution in [0.5, 0.6) is 5.75 Å². The Hall–Kier alpha value is -0.740. The molecule has 0 aliphatic heterocycles. The Balaban J connectivity index is 1.95. The van der Waals surface area contributed by atoms with Crippen LogP contribution in [0.4, 0.5) is 5.69 Å². The molecule has 4 heteroatoms. The van der Waals surface area contributed by atoms with Crippen molar-refractivity contribution in [3.05, 3.63) is 22.7 Å². The fourth-order valence-electron chi connectivity index (χ4n) is 2.43. The minimum atomic E-state index is -0.537. The number of benzene rings is 1. The number of rotatable bonds is 4. The lowest BCUT2D eigenvalue weighted by molar-refractivity contribution is 0.0167. The van der Waals surface area contributed by atoms with E-state index in [4.69, 9.17) is 4.74 Å². The number of halogens is 1. The second-order valence-electron chi connectivity index (χ2n) is 4.99. The first-order valence-electron chi connectivity index (χ1n) is 6.43. The third-order valence-electron chi connectivity index (χ3n) is 3.56. The maximum atomic E-state index is 10.4. The maximum Gasteiger partial charge on any atom is 0.133 e. The van der Waals surface area contributed by atoms with E-state index in [1.165, 1.54) is 6.42 Å². The molecule has 18 heavy (non-hydrogen) atoms. The van der Waals surface area contributed by atoms with Gasteiger partial charge in [-0.15, -0.1) is 0 Å². The van der Waals surface area contributed by atoms with Crippen LogP contribution in [0.15, 0.2) is 22.7 Å². The van der Waals surface area contributed by atoms with Gasteiger partial charge in [-0.3, -0.25) is 0 Å². The summed E-state index contributed by atoms with van der Waals surface area (Å²) in [6, 6.07) is 5.86. The molecular formula is C14H20BrNO2. The van der Waals surface area contributed by atoms with E-state index in [0.29, 0.717) is 6.54 Å². The average Bonchev–Trinajstić information content (AvgIpc) is 2.38. The number of hydrogen-bond acceptors (Lipinski definition) is 3. The zero-order valence-corrected chi connectivity index (χ0v) is 12.3. The lowest BCUT2D eigenvalue weighted by Crippen LogP contribution is -2.38. The van der Waals surface area contributed by atoms with Crippen molar-refractivity contribution in [3.8, 4) is 5.75 Å². The van der Waals surface area contributed by atoms with Gasteiger partial charge in [-0.25, -0.2) is 0 Å². The number of aliphatic hydroxyl groups is 1. The number of ether oxygens (including phenoxy) is 1. The minimum Gasteiger partial charge on any atom is -0.496 e. The van der Waals surface area contributed by atoms with Crippen molar-refractivity contribution in [1.82, 2.24) is 0 Å². The topological polar surface area (TPSA) is 41.5 Å². The fourth-order valence-corrected chi connectivity index (χ4v) is 2.97. The summed E-state index contributed by atoms with van der Waals surface area (Å²) in [7, 11) is 1.65. The summed E-state index contributed by atoms with van der Waals surface area (Å²) in [5, 5.41) is 13.7. The Bertz CT molecular complexity index is 403. The molecule has 0 unspecified atom stereocenters. The van der Waals surface area contributed by atoms with Gasteiger partial charge in [0.15, 0.2) is 0 Å². The summed E-state index contributed by atoms with van der Waals surface area (Å²) < 4.78 is 6.11. The summed E-state index contributed by atoms with van der Waals surface area (Å²) in [5.74, 6) is 0.817. The zero-order chi connectivity index (χ0) is 13.0. The van der Waals surface area contributed by atoms with Crippen LogP contribution in [-0.2, 0) is 0 Å². The van der Waals surface area contributed by atoms with Crippen LogP contribution in [0.2, 0.25) is 0 Å². The zero-order valence-electron chi connectivity index (χ0n) is 10.7. The molecule has 1 aliphatic rings. The summed E-state index contributed by atoms with van der Waals surface area (Å²) in [6.07, 6.45) is 5.31. The first-order valence-corrected chi connectivity index (χ1v) is 7.22. The maximum absolute atomic E-state index is 10.4. The standard InChI is InChI=1S/C14H20BrNO2/c1-18-13-6-5-11(9-12(13)15)16-10-14(17)7-3-2-4-8-14/h5-6,9,16-17H,2-4,7-8,10H2,1H3. The molecule has 0 heterocycles. The fraction of sp³-hybridized carbons (Fsp3) is 0.571. The second kappa shape index (κ2) is 5.93. The van der Waals surface area contributed by atoms with Crippen LogP contribution in [0.25, 0.3) is 0 Å². The van der Waals surface area contributed by atoms with Crippen molar-refractivity contribution < 1.29 is 9.84 Å². The smallest absolute Gasteiger partial charge is 0.133 e. The van der Waals surface area contributed by atoms with E-state index >= 15 is 0 Å². The van der Waals surface area contributed by atoms with E-state index in [9.17, 15) is 5.11 Å². The monoisotopic (exact) mass is 313 g/mol. The first-order chi connectivity index (χ1) is 8.63. The second-order valence-corrected chi connectivity index (χ2v) is 5.84. The molecule has 3 nitrogen and oxygen atoms in total. The highest BCUT2D eigenvalue weighted by Crippen LogP contribution is 2.30. The molecule has 2 N–H and O–H groups in total. The molecule has 1 fully saturated rings. The molecule has 2 rings (SSSR count). The van der Waals surface area contributed by atoms with Gasteiger partial charge < -0.3 is 15.2 Å². The van der Waals surface area contributed by atoms with Crippen LogP contribution in [0.1, 0.15) is 32.1 Å². The van der Waals surface area contributed by atoms with Gasteiger partial charge >= 0.3 is 0 Å². The van der Waals surface area contributed by atoms with Gasteiger partial charge in [0.2, 0.25) is 0 Å². The van der Waals surface area contributed by atoms with Gasteiger partial charge in [0.1, 0.15) is 5.75 Å². The molecule has 0 atom stereocenters. The molecule has 0 amide bonds. The summed E-state index contributed by atoms with van der Waals surface area (Å²) in [6.45, 7) is 0.617. The molecule has 0 aromatic heterocycles. The molecule has 1 aromatic carbocycles. The molecule has 0 radical (unpaired) electrons. The van der Waals surface area contributed by atoms with E-state index in [2.05, 4.69) is 21.2 Å². The van der Waals surface area contributed by atoms with Crippen molar-refractivity contribution >= 4 is 21.6 Å². The Morgan fingerprint density at radius 1 is 1.33 bits per heavy atom. The van der Waals surface area contributed by atoms with E-state index in [-0.39, 0.29) is 0 Å². The lowest BCUT2D eigenvalue weighted by Gasteiger charge is -2.32. The largest absolute Gasteiger partial charge is 0.496 e. The lowest BCUT2D eigenvalue weighted by atomic mass is 9.85. The highest BCUT2D eigenvalue weighted by Gasteiger charge is 2.28. The highest BCUT2D eigenvalue weighted by molar-refractivity contribution is 9.10. The van der Waals surface area contributed by atoms with Gasteiger partial charge in [-0.1, -0.05) is 19.3 Å². The van der Waals surface area contributed by atoms with Crippen molar-refractivity contribution in [2.24, 2.45) is 0 Å². The first kappa shape index (κ1) is 13.7. The predicted molar refractivity (Wildman–Crippen MR) is 77.2 cm³/mol. The van der Waals surface area contributed by atoms with Crippen LogP contribution in [-0.4, -0.2) is 24.4 Å². The van der Waals surface area contributed by atoms with E-state index in [1.807, 2.05) is 18.2 Å². The number of methoxy groups -OCH3 is 1. The number of hydrogen-bond donors (Lipinski definition) is 2.